The molecule has 1 aliphatic rings. The van der Waals surface area contributed by atoms with E-state index in [2.05, 4.69) is 15.9 Å². The second-order valence-corrected chi connectivity index (χ2v) is 7.43. The summed E-state index contributed by atoms with van der Waals surface area (Å²) in [4.78, 5) is 14.6. The van der Waals surface area contributed by atoms with Crippen molar-refractivity contribution in [1.82, 2.24) is 4.90 Å². The summed E-state index contributed by atoms with van der Waals surface area (Å²) in [5, 5.41) is 9.90. The van der Waals surface area contributed by atoms with Crippen molar-refractivity contribution in [3.63, 3.8) is 0 Å². The first-order chi connectivity index (χ1) is 10.9. The Bertz CT molecular complexity index is 678. The number of amides is 1. The van der Waals surface area contributed by atoms with Crippen LogP contribution in [-0.4, -0.2) is 47.1 Å². The minimum absolute atomic E-state index is 0.00480. The van der Waals surface area contributed by atoms with Crippen LogP contribution >= 0.6 is 39.9 Å². The summed E-state index contributed by atoms with van der Waals surface area (Å²) >= 11 is 9.94. The molecule has 1 saturated heterocycles. The lowest BCUT2D eigenvalue weighted by atomic mass is 10.2. The Balaban J connectivity index is 2.33. The fourth-order valence-electron chi connectivity index (χ4n) is 2.15. The number of carbonyl (C=O) groups excluding carboxylic acids is 1. The number of nitrogens with zero attached hydrogens (tertiary/aromatic N) is 1. The van der Waals surface area contributed by atoms with E-state index < -0.39 is 0 Å². The van der Waals surface area contributed by atoms with Gasteiger partial charge in [-0.25, -0.2) is 0 Å². The van der Waals surface area contributed by atoms with E-state index in [-0.39, 0.29) is 17.7 Å². The number of phenols is 1. The molecule has 5 nitrogen and oxygen atoms in total. The third-order valence-corrected chi connectivity index (χ3v) is 5.27. The van der Waals surface area contributed by atoms with Gasteiger partial charge in [-0.05, 0) is 30.7 Å². The molecule has 1 heterocycles. The highest BCUT2D eigenvalue weighted by Crippen LogP contribution is 2.38. The topological polar surface area (TPSA) is 59.0 Å². The molecule has 0 aliphatic carbocycles. The zero-order chi connectivity index (χ0) is 17.1. The first-order valence-electron chi connectivity index (χ1n) is 6.71. The van der Waals surface area contributed by atoms with Crippen LogP contribution in [0.5, 0.6) is 11.5 Å². The van der Waals surface area contributed by atoms with Gasteiger partial charge >= 0.3 is 0 Å². The van der Waals surface area contributed by atoms with Gasteiger partial charge in [0.25, 0.3) is 5.91 Å². The molecule has 0 spiro atoms. The maximum Gasteiger partial charge on any atom is 0.266 e. The van der Waals surface area contributed by atoms with Crippen LogP contribution in [0.25, 0.3) is 6.08 Å². The van der Waals surface area contributed by atoms with Crippen molar-refractivity contribution in [2.24, 2.45) is 0 Å². The maximum absolute atomic E-state index is 12.5. The molecule has 0 aromatic heterocycles. The van der Waals surface area contributed by atoms with Gasteiger partial charge in [0.2, 0.25) is 0 Å². The number of halogens is 1. The molecule has 23 heavy (non-hydrogen) atoms. The first kappa shape index (κ1) is 18.3. The molecule has 1 unspecified atom stereocenters. The average molecular weight is 418 g/mol. The number of ether oxygens (including phenoxy) is 2. The largest absolute Gasteiger partial charge is 0.504 e. The number of carbonyl (C=O) groups is 1. The quantitative estimate of drug-likeness (QED) is 0.585. The molecule has 1 fully saturated rings. The smallest absolute Gasteiger partial charge is 0.266 e. The molecule has 124 valence electrons. The van der Waals surface area contributed by atoms with Crippen LogP contribution in [0, 0.1) is 0 Å². The molecule has 1 amide bonds. The van der Waals surface area contributed by atoms with Crippen molar-refractivity contribution in [3.8, 4) is 11.5 Å². The lowest BCUT2D eigenvalue weighted by molar-refractivity contribution is -0.124. The number of hydrogen-bond donors (Lipinski definition) is 1. The molecule has 1 aliphatic heterocycles. The van der Waals surface area contributed by atoms with Crippen molar-refractivity contribution in [2.45, 2.75) is 13.0 Å². The van der Waals surface area contributed by atoms with Crippen molar-refractivity contribution in [2.75, 3.05) is 20.8 Å². The number of aromatic hydroxyl groups is 1. The molecule has 1 aromatic rings. The molecule has 0 bridgehead atoms. The Kier molecular flexibility index (Phi) is 6.07. The Hall–Kier alpha value is -1.09. The Morgan fingerprint density at radius 3 is 2.78 bits per heavy atom. The van der Waals surface area contributed by atoms with Crippen LogP contribution in [0.15, 0.2) is 21.5 Å². The summed E-state index contributed by atoms with van der Waals surface area (Å²) in [7, 11) is 3.06. The molecule has 8 heteroatoms. The zero-order valence-electron chi connectivity index (χ0n) is 12.8. The maximum atomic E-state index is 12.5. The predicted molar refractivity (Wildman–Crippen MR) is 98.7 cm³/mol. The van der Waals surface area contributed by atoms with Crippen LogP contribution in [0.2, 0.25) is 0 Å². The normalized spacial score (nSPS) is 17.9. The van der Waals surface area contributed by atoms with Crippen LogP contribution in [0.3, 0.4) is 0 Å². The number of rotatable bonds is 5. The third kappa shape index (κ3) is 3.88. The van der Waals surface area contributed by atoms with Gasteiger partial charge in [-0.2, -0.15) is 0 Å². The lowest BCUT2D eigenvalue weighted by Gasteiger charge is -2.22. The molecule has 0 radical (unpaired) electrons. The van der Waals surface area contributed by atoms with E-state index in [0.29, 0.717) is 31.6 Å². The van der Waals surface area contributed by atoms with Gasteiger partial charge in [-0.15, -0.1) is 0 Å². The van der Waals surface area contributed by atoms with E-state index in [4.69, 9.17) is 21.7 Å². The number of benzene rings is 1. The number of methoxy groups -OCH3 is 2. The highest BCUT2D eigenvalue weighted by molar-refractivity contribution is 9.10. The summed E-state index contributed by atoms with van der Waals surface area (Å²) in [6.07, 6.45) is 1.70. The van der Waals surface area contributed by atoms with Gasteiger partial charge in [-0.1, -0.05) is 39.9 Å². The van der Waals surface area contributed by atoms with E-state index in [0.717, 1.165) is 0 Å². The minimum Gasteiger partial charge on any atom is -0.504 e. The fraction of sp³-hybridized carbons (Fsp3) is 0.333. The molecule has 0 saturated carbocycles. The second-order valence-electron chi connectivity index (χ2n) is 4.90. The van der Waals surface area contributed by atoms with Crippen molar-refractivity contribution < 1.29 is 19.4 Å². The minimum atomic E-state index is -0.160. The van der Waals surface area contributed by atoms with Gasteiger partial charge in [-0.3, -0.25) is 9.69 Å². The summed E-state index contributed by atoms with van der Waals surface area (Å²) < 4.78 is 11.3. The Morgan fingerprint density at radius 2 is 2.17 bits per heavy atom. The highest BCUT2D eigenvalue weighted by atomic mass is 79.9. The third-order valence-electron chi connectivity index (χ3n) is 3.26. The summed E-state index contributed by atoms with van der Waals surface area (Å²) in [6, 6.07) is 3.05. The number of thiocarbonyl (C=S) groups is 1. The number of thioether (sulfide) groups is 1. The van der Waals surface area contributed by atoms with Crippen molar-refractivity contribution >= 4 is 56.2 Å². The zero-order valence-corrected chi connectivity index (χ0v) is 16.0. The summed E-state index contributed by atoms with van der Waals surface area (Å²) in [5.41, 5.74) is 0.670. The molecule has 1 aromatic carbocycles. The number of phenolic OH excluding ortho intramolecular Hbond substituents is 1. The lowest BCUT2D eigenvalue weighted by Crippen LogP contribution is -2.39. The monoisotopic (exact) mass is 417 g/mol. The van der Waals surface area contributed by atoms with Crippen LogP contribution in [-0.2, 0) is 9.53 Å². The second kappa shape index (κ2) is 7.65. The predicted octanol–water partition coefficient (Wildman–Crippen LogP) is 3.40. The van der Waals surface area contributed by atoms with E-state index in [1.807, 2.05) is 6.92 Å². The standard InChI is InChI=1S/C15H16BrNO4S2/c1-8(7-20-2)17-14(19)13(23-15(17)22)5-9-4-11(18)12(21-3)6-10(9)16/h4-6,8,18H,7H2,1-3H3/b13-5-. The SMILES string of the molecule is COCC(C)N1C(=O)/C(=C/c2cc(O)c(OC)cc2Br)SC1=S. The number of hydrogen-bond acceptors (Lipinski definition) is 6. The molecule has 2 rings (SSSR count). The molecule has 1 atom stereocenters. The Morgan fingerprint density at radius 1 is 1.48 bits per heavy atom. The van der Waals surface area contributed by atoms with Gasteiger partial charge in [0.15, 0.2) is 11.5 Å². The van der Waals surface area contributed by atoms with Gasteiger partial charge in [0.1, 0.15) is 4.32 Å². The van der Waals surface area contributed by atoms with Gasteiger partial charge in [0, 0.05) is 11.6 Å². The van der Waals surface area contributed by atoms with Crippen molar-refractivity contribution in [1.29, 1.82) is 0 Å². The van der Waals surface area contributed by atoms with E-state index in [1.165, 1.54) is 24.9 Å². The van der Waals surface area contributed by atoms with Crippen LogP contribution in [0.1, 0.15) is 12.5 Å². The highest BCUT2D eigenvalue weighted by Gasteiger charge is 2.35. The molecular weight excluding hydrogens is 402 g/mol. The van der Waals surface area contributed by atoms with Gasteiger partial charge < -0.3 is 14.6 Å². The van der Waals surface area contributed by atoms with Crippen LogP contribution < -0.4 is 4.74 Å². The van der Waals surface area contributed by atoms with E-state index >= 15 is 0 Å². The fourth-order valence-corrected chi connectivity index (χ4v) is 4.04. The average Bonchev–Trinajstić information content (AvgIpc) is 2.77. The van der Waals surface area contributed by atoms with Crippen molar-refractivity contribution in [3.05, 3.63) is 27.1 Å². The molecule has 1 N–H and O–H groups in total. The molecular formula is C15H16BrNO4S2. The first-order valence-corrected chi connectivity index (χ1v) is 8.73. The summed E-state index contributed by atoms with van der Waals surface area (Å²) in [6.45, 7) is 2.29. The van der Waals surface area contributed by atoms with Crippen LogP contribution in [0.4, 0.5) is 0 Å². The Labute approximate surface area is 152 Å². The summed E-state index contributed by atoms with van der Waals surface area (Å²) in [5.74, 6) is 0.201. The van der Waals surface area contributed by atoms with Gasteiger partial charge in [0.05, 0.1) is 24.7 Å². The van der Waals surface area contributed by atoms with E-state index in [9.17, 15) is 9.90 Å². The van der Waals surface area contributed by atoms with E-state index in [1.54, 1.807) is 24.2 Å².